The molecule has 2 amide bonds. The summed E-state index contributed by atoms with van der Waals surface area (Å²) in [5, 5.41) is 0.756. The van der Waals surface area contributed by atoms with Gasteiger partial charge in [0.05, 0.1) is 23.0 Å². The van der Waals surface area contributed by atoms with Crippen molar-refractivity contribution in [1.29, 1.82) is 0 Å². The van der Waals surface area contributed by atoms with E-state index in [2.05, 4.69) is 15.9 Å². The number of hydrogen-bond donors (Lipinski definition) is 0. The van der Waals surface area contributed by atoms with Crippen LogP contribution in [0.15, 0.2) is 64.0 Å². The van der Waals surface area contributed by atoms with Gasteiger partial charge >= 0.3 is 0 Å². The van der Waals surface area contributed by atoms with Gasteiger partial charge < -0.3 is 9.47 Å². The van der Waals surface area contributed by atoms with Crippen molar-refractivity contribution >= 4 is 68.1 Å². The number of ether oxygens (including phenoxy) is 2. The van der Waals surface area contributed by atoms with Crippen LogP contribution < -0.4 is 9.47 Å². The molecule has 1 aliphatic heterocycles. The second-order valence-corrected chi connectivity index (χ2v) is 10.4. The molecular formula is C26H20BrCl2NO4S. The van der Waals surface area contributed by atoms with Crippen molar-refractivity contribution in [3.63, 3.8) is 0 Å². The summed E-state index contributed by atoms with van der Waals surface area (Å²) in [6.45, 7) is 2.41. The molecule has 5 nitrogen and oxygen atoms in total. The van der Waals surface area contributed by atoms with Crippen LogP contribution >= 0.6 is 50.9 Å². The molecule has 0 N–H and O–H groups in total. The standard InChI is InChI=1S/C26H20BrCl2NO4S/c1-15-5-3-4-6-17(15)13-30-25(31)23(35-26(30)32)11-16-9-20(27)24(22(10-16)33-2)34-14-18-7-8-19(28)12-21(18)29/h3-12H,13-14H2,1-2H3/b23-11-. The van der Waals surface area contributed by atoms with Crippen molar-refractivity contribution in [1.82, 2.24) is 4.90 Å². The number of thioether (sulfide) groups is 1. The highest BCUT2D eigenvalue weighted by molar-refractivity contribution is 9.10. The Morgan fingerprint density at radius 2 is 1.83 bits per heavy atom. The lowest BCUT2D eigenvalue weighted by Gasteiger charge is -2.15. The second kappa shape index (κ2) is 11.1. The normalized spacial score (nSPS) is 14.7. The van der Waals surface area contributed by atoms with E-state index in [1.54, 1.807) is 36.4 Å². The molecule has 0 radical (unpaired) electrons. The first-order valence-electron chi connectivity index (χ1n) is 10.5. The van der Waals surface area contributed by atoms with Gasteiger partial charge in [0.1, 0.15) is 6.61 Å². The number of amides is 2. The quantitative estimate of drug-likeness (QED) is 0.261. The molecule has 0 aliphatic carbocycles. The van der Waals surface area contributed by atoms with E-state index in [0.717, 1.165) is 28.5 Å². The Labute approximate surface area is 226 Å². The lowest BCUT2D eigenvalue weighted by molar-refractivity contribution is -0.123. The summed E-state index contributed by atoms with van der Waals surface area (Å²) >= 11 is 16.7. The molecule has 1 aliphatic rings. The fraction of sp³-hybridized carbons (Fsp3) is 0.154. The summed E-state index contributed by atoms with van der Waals surface area (Å²) < 4.78 is 12.1. The summed E-state index contributed by atoms with van der Waals surface area (Å²) in [5.41, 5.74) is 3.42. The highest BCUT2D eigenvalue weighted by atomic mass is 79.9. The van der Waals surface area contributed by atoms with Crippen LogP contribution in [-0.2, 0) is 17.9 Å². The summed E-state index contributed by atoms with van der Waals surface area (Å²) in [5.74, 6) is 0.634. The second-order valence-electron chi connectivity index (χ2n) is 7.75. The molecule has 4 rings (SSSR count). The van der Waals surface area contributed by atoms with E-state index in [9.17, 15) is 9.59 Å². The van der Waals surface area contributed by atoms with Crippen LogP contribution in [0.4, 0.5) is 4.79 Å². The SMILES string of the molecule is COc1cc(/C=C2\SC(=O)N(Cc3ccccc3C)C2=O)cc(Br)c1OCc1ccc(Cl)cc1Cl. The number of hydrogen-bond acceptors (Lipinski definition) is 5. The topological polar surface area (TPSA) is 55.8 Å². The molecule has 0 unspecified atom stereocenters. The van der Waals surface area contributed by atoms with Crippen molar-refractivity contribution in [2.45, 2.75) is 20.1 Å². The number of imide groups is 1. The third kappa shape index (κ3) is 5.86. The molecule has 0 aromatic heterocycles. The summed E-state index contributed by atoms with van der Waals surface area (Å²) in [4.78, 5) is 27.2. The number of nitrogens with zero attached hydrogens (tertiary/aromatic N) is 1. The number of methoxy groups -OCH3 is 1. The number of rotatable bonds is 7. The van der Waals surface area contributed by atoms with Crippen LogP contribution in [0.25, 0.3) is 6.08 Å². The molecule has 0 saturated carbocycles. The van der Waals surface area contributed by atoms with Crippen molar-refractivity contribution in [2.75, 3.05) is 7.11 Å². The minimum Gasteiger partial charge on any atom is -0.493 e. The molecule has 1 fully saturated rings. The molecule has 35 heavy (non-hydrogen) atoms. The van der Waals surface area contributed by atoms with E-state index >= 15 is 0 Å². The molecule has 9 heteroatoms. The van der Waals surface area contributed by atoms with Crippen LogP contribution in [0, 0.1) is 6.92 Å². The number of benzene rings is 3. The molecule has 1 saturated heterocycles. The van der Waals surface area contributed by atoms with E-state index in [-0.39, 0.29) is 24.3 Å². The van der Waals surface area contributed by atoms with Gasteiger partial charge in [0, 0.05) is 15.6 Å². The molecule has 0 atom stereocenters. The Hall–Kier alpha value is -2.45. The zero-order chi connectivity index (χ0) is 25.1. The van der Waals surface area contributed by atoms with Gasteiger partial charge in [-0.25, -0.2) is 0 Å². The van der Waals surface area contributed by atoms with Crippen LogP contribution in [0.2, 0.25) is 10.0 Å². The fourth-order valence-electron chi connectivity index (χ4n) is 3.50. The van der Waals surface area contributed by atoms with Crippen LogP contribution in [0.5, 0.6) is 11.5 Å². The van der Waals surface area contributed by atoms with Crippen molar-refractivity contribution in [3.05, 3.63) is 96.3 Å². The average molecular weight is 593 g/mol. The van der Waals surface area contributed by atoms with E-state index < -0.39 is 0 Å². The lowest BCUT2D eigenvalue weighted by Crippen LogP contribution is -2.27. The Balaban J connectivity index is 1.54. The molecule has 180 valence electrons. The zero-order valence-electron chi connectivity index (χ0n) is 18.8. The largest absolute Gasteiger partial charge is 0.493 e. The number of halogens is 3. The van der Waals surface area contributed by atoms with Gasteiger partial charge in [-0.1, -0.05) is 53.5 Å². The van der Waals surface area contributed by atoms with E-state index in [1.165, 1.54) is 12.0 Å². The van der Waals surface area contributed by atoms with Gasteiger partial charge in [0.2, 0.25) is 0 Å². The first kappa shape index (κ1) is 25.6. The van der Waals surface area contributed by atoms with Gasteiger partial charge in [-0.2, -0.15) is 0 Å². The van der Waals surface area contributed by atoms with E-state index in [0.29, 0.717) is 36.5 Å². The maximum atomic E-state index is 13.0. The smallest absolute Gasteiger partial charge is 0.293 e. The Kier molecular flexibility index (Phi) is 8.12. The third-order valence-corrected chi connectivity index (χ3v) is 7.48. The Bertz CT molecular complexity index is 1340. The van der Waals surface area contributed by atoms with Crippen LogP contribution in [-0.4, -0.2) is 23.2 Å². The van der Waals surface area contributed by atoms with Gasteiger partial charge in [-0.15, -0.1) is 0 Å². The number of aryl methyl sites for hydroxylation is 1. The van der Waals surface area contributed by atoms with Crippen molar-refractivity contribution in [2.24, 2.45) is 0 Å². The first-order chi connectivity index (χ1) is 16.8. The van der Waals surface area contributed by atoms with Gasteiger partial charge in [-0.3, -0.25) is 14.5 Å². The van der Waals surface area contributed by atoms with Gasteiger partial charge in [0.25, 0.3) is 11.1 Å². The van der Waals surface area contributed by atoms with E-state index in [1.807, 2.05) is 31.2 Å². The average Bonchev–Trinajstić information content (AvgIpc) is 3.07. The molecule has 0 bridgehead atoms. The highest BCUT2D eigenvalue weighted by Gasteiger charge is 2.35. The molecule has 3 aromatic rings. The molecule has 0 spiro atoms. The maximum absolute atomic E-state index is 13.0. The van der Waals surface area contributed by atoms with Gasteiger partial charge in [-0.05, 0) is 81.6 Å². The predicted molar refractivity (Wildman–Crippen MR) is 144 cm³/mol. The summed E-state index contributed by atoms with van der Waals surface area (Å²) in [7, 11) is 1.53. The third-order valence-electron chi connectivity index (χ3n) is 5.40. The van der Waals surface area contributed by atoms with Gasteiger partial charge in [0.15, 0.2) is 11.5 Å². The Morgan fingerprint density at radius 3 is 2.54 bits per heavy atom. The fourth-order valence-corrected chi connectivity index (χ4v) is 5.37. The Morgan fingerprint density at radius 1 is 1.06 bits per heavy atom. The van der Waals surface area contributed by atoms with Crippen LogP contribution in [0.3, 0.4) is 0 Å². The molecule has 3 aromatic carbocycles. The lowest BCUT2D eigenvalue weighted by atomic mass is 10.1. The minimum atomic E-state index is -0.323. The van der Waals surface area contributed by atoms with Crippen LogP contribution in [0.1, 0.15) is 22.3 Å². The summed E-state index contributed by atoms with van der Waals surface area (Å²) in [6, 6.07) is 16.4. The highest BCUT2D eigenvalue weighted by Crippen LogP contribution is 2.40. The minimum absolute atomic E-state index is 0.210. The maximum Gasteiger partial charge on any atom is 0.293 e. The van der Waals surface area contributed by atoms with Crippen molar-refractivity contribution in [3.8, 4) is 11.5 Å². The monoisotopic (exact) mass is 591 g/mol. The molecular weight excluding hydrogens is 573 g/mol. The van der Waals surface area contributed by atoms with Crippen molar-refractivity contribution < 1.29 is 19.1 Å². The zero-order valence-corrected chi connectivity index (χ0v) is 22.7. The molecule has 1 heterocycles. The number of carbonyl (C=O) groups is 2. The van der Waals surface area contributed by atoms with E-state index in [4.69, 9.17) is 32.7 Å². The number of carbonyl (C=O) groups excluding carboxylic acids is 2. The summed E-state index contributed by atoms with van der Waals surface area (Å²) in [6.07, 6.45) is 1.68. The predicted octanol–water partition coefficient (Wildman–Crippen LogP) is 7.89. The first-order valence-corrected chi connectivity index (χ1v) is 12.9.